The van der Waals surface area contributed by atoms with E-state index in [4.69, 9.17) is 4.74 Å². The van der Waals surface area contributed by atoms with E-state index in [1.807, 2.05) is 18.4 Å². The first-order valence-electron chi connectivity index (χ1n) is 8.18. The number of carbonyl (C=O) groups is 2. The van der Waals surface area contributed by atoms with Gasteiger partial charge in [0.05, 0.1) is 11.8 Å². The number of sulfonamides is 1. The third-order valence-electron chi connectivity index (χ3n) is 3.92. The molecule has 7 nitrogen and oxygen atoms in total. The Labute approximate surface area is 158 Å². The van der Waals surface area contributed by atoms with Crippen molar-refractivity contribution in [3.8, 4) is 0 Å². The molecule has 0 radical (unpaired) electrons. The molecule has 0 unspecified atom stereocenters. The Kier molecular flexibility index (Phi) is 6.22. The summed E-state index contributed by atoms with van der Waals surface area (Å²) in [6.07, 6.45) is 2.76. The molecule has 0 atom stereocenters. The number of nitrogens with one attached hydrogen (secondary N) is 1. The van der Waals surface area contributed by atoms with Crippen molar-refractivity contribution in [2.75, 3.05) is 17.6 Å². The Morgan fingerprint density at radius 2 is 1.96 bits per heavy atom. The van der Waals surface area contributed by atoms with Gasteiger partial charge in [0.1, 0.15) is 0 Å². The Balaban J connectivity index is 2.07. The van der Waals surface area contributed by atoms with Crippen molar-refractivity contribution >= 4 is 27.5 Å². The maximum Gasteiger partial charge on any atom is 0.338 e. The van der Waals surface area contributed by atoms with Crippen molar-refractivity contribution in [2.24, 2.45) is 0 Å². The van der Waals surface area contributed by atoms with Gasteiger partial charge in [-0.25, -0.2) is 13.2 Å². The number of aromatic nitrogens is 1. The highest BCUT2D eigenvalue weighted by atomic mass is 32.2. The second-order valence-corrected chi connectivity index (χ2v) is 7.89. The molecule has 0 spiro atoms. The number of aryl methyl sites for hydroxylation is 1. The van der Waals surface area contributed by atoms with Gasteiger partial charge in [0.25, 0.3) is 0 Å². The number of ketones is 1. The van der Waals surface area contributed by atoms with Gasteiger partial charge in [-0.15, -0.1) is 6.58 Å². The zero-order chi connectivity index (χ0) is 20.2. The number of rotatable bonds is 8. The van der Waals surface area contributed by atoms with Gasteiger partial charge < -0.3 is 9.30 Å². The number of allylic oxidation sites excluding steroid dienone is 1. The van der Waals surface area contributed by atoms with Gasteiger partial charge in [0.2, 0.25) is 15.8 Å². The highest BCUT2D eigenvalue weighted by molar-refractivity contribution is 7.92. The molecule has 2 aromatic rings. The highest BCUT2D eigenvalue weighted by Gasteiger charge is 2.18. The lowest BCUT2D eigenvalue weighted by molar-refractivity contribution is 0.0474. The smallest absolute Gasteiger partial charge is 0.338 e. The van der Waals surface area contributed by atoms with Crippen molar-refractivity contribution in [1.82, 2.24) is 4.57 Å². The summed E-state index contributed by atoms with van der Waals surface area (Å²) < 4.78 is 31.9. The molecule has 0 aliphatic carbocycles. The average molecular weight is 390 g/mol. The minimum atomic E-state index is -3.46. The van der Waals surface area contributed by atoms with Gasteiger partial charge >= 0.3 is 5.97 Å². The number of benzene rings is 1. The molecule has 0 aliphatic heterocycles. The van der Waals surface area contributed by atoms with Crippen molar-refractivity contribution in [3.05, 3.63) is 65.5 Å². The average Bonchev–Trinajstić information content (AvgIpc) is 2.87. The number of Topliss-reactive ketones (excluding diaryl/α,β-unsaturated/α-hetero) is 1. The van der Waals surface area contributed by atoms with Crippen molar-refractivity contribution in [2.45, 2.75) is 20.4 Å². The summed E-state index contributed by atoms with van der Waals surface area (Å²) in [5.41, 5.74) is 2.59. The van der Waals surface area contributed by atoms with E-state index in [2.05, 4.69) is 11.3 Å². The van der Waals surface area contributed by atoms with Crippen LogP contribution in [0.2, 0.25) is 0 Å². The second-order valence-electron chi connectivity index (χ2n) is 6.14. The van der Waals surface area contributed by atoms with E-state index in [0.717, 1.165) is 17.6 Å². The maximum absolute atomic E-state index is 12.4. The lowest BCUT2D eigenvalue weighted by atomic mass is 10.1. The van der Waals surface area contributed by atoms with Crippen molar-refractivity contribution in [3.63, 3.8) is 0 Å². The molecular formula is C19H22N2O5S. The van der Waals surface area contributed by atoms with Gasteiger partial charge in [-0.05, 0) is 38.1 Å². The summed E-state index contributed by atoms with van der Waals surface area (Å²) in [5.74, 6) is -1.02. The molecule has 1 N–H and O–H groups in total. The zero-order valence-corrected chi connectivity index (χ0v) is 16.3. The van der Waals surface area contributed by atoms with E-state index in [1.54, 1.807) is 12.1 Å². The predicted molar refractivity (Wildman–Crippen MR) is 104 cm³/mol. The van der Waals surface area contributed by atoms with Crippen LogP contribution in [0.15, 0.2) is 43.0 Å². The summed E-state index contributed by atoms with van der Waals surface area (Å²) in [6, 6.07) is 7.62. The summed E-state index contributed by atoms with van der Waals surface area (Å²) in [6.45, 7) is 7.60. The molecule has 1 aromatic carbocycles. The molecule has 2 rings (SSSR count). The molecule has 0 aliphatic rings. The Hall–Kier alpha value is -2.87. The van der Waals surface area contributed by atoms with E-state index in [1.165, 1.54) is 24.3 Å². The van der Waals surface area contributed by atoms with E-state index < -0.39 is 22.6 Å². The molecule has 0 saturated carbocycles. The quantitative estimate of drug-likeness (QED) is 0.425. The summed E-state index contributed by atoms with van der Waals surface area (Å²) in [7, 11) is -3.46. The zero-order valence-electron chi connectivity index (χ0n) is 15.5. The lowest BCUT2D eigenvalue weighted by Gasteiger charge is -2.08. The normalized spacial score (nSPS) is 11.1. The third-order valence-corrected chi connectivity index (χ3v) is 4.53. The van der Waals surface area contributed by atoms with Crippen LogP contribution >= 0.6 is 0 Å². The monoisotopic (exact) mass is 390 g/mol. The number of hydrogen-bond donors (Lipinski definition) is 1. The molecule has 144 valence electrons. The fourth-order valence-corrected chi connectivity index (χ4v) is 3.26. The molecule has 8 heteroatoms. The Bertz CT molecular complexity index is 990. The van der Waals surface area contributed by atoms with Crippen LogP contribution in [0, 0.1) is 13.8 Å². The molecule has 0 bridgehead atoms. The van der Waals surface area contributed by atoms with E-state index >= 15 is 0 Å². The SMILES string of the molecule is C=CCn1c(C)cc(C(=O)COC(=O)c2cccc(NS(C)(=O)=O)c2)c1C. The van der Waals surface area contributed by atoms with Crippen molar-refractivity contribution < 1.29 is 22.7 Å². The van der Waals surface area contributed by atoms with E-state index in [-0.39, 0.29) is 17.0 Å². The number of nitrogens with zero attached hydrogens (tertiary/aromatic N) is 1. The number of ether oxygens (including phenoxy) is 1. The Morgan fingerprint density at radius 1 is 1.26 bits per heavy atom. The van der Waals surface area contributed by atoms with Gasteiger partial charge in [-0.3, -0.25) is 9.52 Å². The third kappa shape index (κ3) is 5.30. The minimum absolute atomic E-state index is 0.147. The van der Waals surface area contributed by atoms with Crippen LogP contribution in [0.3, 0.4) is 0 Å². The first-order chi connectivity index (χ1) is 12.6. The highest BCUT2D eigenvalue weighted by Crippen LogP contribution is 2.17. The number of esters is 1. The lowest BCUT2D eigenvalue weighted by Crippen LogP contribution is -2.15. The first-order valence-corrected chi connectivity index (χ1v) is 10.1. The number of anilines is 1. The van der Waals surface area contributed by atoms with Crippen LogP contribution in [0.1, 0.15) is 32.1 Å². The molecule has 0 amide bonds. The van der Waals surface area contributed by atoms with Gasteiger partial charge in [0, 0.05) is 29.2 Å². The van der Waals surface area contributed by atoms with Gasteiger partial charge in [-0.2, -0.15) is 0 Å². The van der Waals surface area contributed by atoms with Crippen LogP contribution in [0.4, 0.5) is 5.69 Å². The summed E-state index contributed by atoms with van der Waals surface area (Å²) in [5, 5.41) is 0. The van der Waals surface area contributed by atoms with Crippen LogP contribution in [0.25, 0.3) is 0 Å². The van der Waals surface area contributed by atoms with Crippen LogP contribution in [-0.2, 0) is 21.3 Å². The standard InChI is InChI=1S/C19H22N2O5S/c1-5-9-21-13(2)10-17(14(21)3)18(22)12-26-19(23)15-7-6-8-16(11-15)20-27(4,24)25/h5-8,10-11,20H,1,9,12H2,2-4H3. The van der Waals surface area contributed by atoms with E-state index in [0.29, 0.717) is 12.1 Å². The van der Waals surface area contributed by atoms with Crippen LogP contribution in [0.5, 0.6) is 0 Å². The Morgan fingerprint density at radius 3 is 2.59 bits per heavy atom. The second kappa shape index (κ2) is 8.22. The molecule has 27 heavy (non-hydrogen) atoms. The van der Waals surface area contributed by atoms with Crippen LogP contribution in [-0.4, -0.2) is 37.6 Å². The van der Waals surface area contributed by atoms with Gasteiger partial charge in [0.15, 0.2) is 6.61 Å². The number of hydrogen-bond acceptors (Lipinski definition) is 5. The largest absolute Gasteiger partial charge is 0.454 e. The topological polar surface area (TPSA) is 94.5 Å². The van der Waals surface area contributed by atoms with E-state index in [9.17, 15) is 18.0 Å². The molecule has 0 fully saturated rings. The fourth-order valence-electron chi connectivity index (χ4n) is 2.71. The predicted octanol–water partition coefficient (Wildman–Crippen LogP) is 2.70. The molecule has 1 aromatic heterocycles. The summed E-state index contributed by atoms with van der Waals surface area (Å²) in [4.78, 5) is 24.6. The van der Waals surface area contributed by atoms with Crippen molar-refractivity contribution in [1.29, 1.82) is 0 Å². The van der Waals surface area contributed by atoms with Gasteiger partial charge in [-0.1, -0.05) is 12.1 Å². The first kappa shape index (κ1) is 20.4. The molecule has 0 saturated heterocycles. The maximum atomic E-state index is 12.4. The fraction of sp³-hybridized carbons (Fsp3) is 0.263. The minimum Gasteiger partial charge on any atom is -0.454 e. The van der Waals surface area contributed by atoms with Crippen LogP contribution < -0.4 is 4.72 Å². The number of carbonyl (C=O) groups excluding carboxylic acids is 2. The molecule has 1 heterocycles. The summed E-state index contributed by atoms with van der Waals surface area (Å²) >= 11 is 0. The molecular weight excluding hydrogens is 368 g/mol.